The predicted octanol–water partition coefficient (Wildman–Crippen LogP) is 3.42. The maximum atomic E-state index is 13.3. The van der Waals surface area contributed by atoms with Crippen LogP contribution >= 0.6 is 23.4 Å². The molecule has 0 aliphatic carbocycles. The van der Waals surface area contributed by atoms with E-state index in [4.69, 9.17) is 11.6 Å². The number of benzene rings is 1. The van der Waals surface area contributed by atoms with Crippen molar-refractivity contribution < 1.29 is 9.18 Å². The van der Waals surface area contributed by atoms with E-state index < -0.39 is 5.38 Å². The molecule has 0 saturated heterocycles. The molecule has 0 spiro atoms. The Hall–Kier alpha value is -0.540. The summed E-state index contributed by atoms with van der Waals surface area (Å²) in [5.41, 5.74) is 0.509. The minimum absolute atomic E-state index is 0.178. The molecule has 1 atom stereocenters. The number of thioether (sulfide) groups is 1. The van der Waals surface area contributed by atoms with E-state index in [0.29, 0.717) is 10.5 Å². The molecule has 0 N–H and O–H groups in total. The second kappa shape index (κ2) is 4.80. The van der Waals surface area contributed by atoms with Crippen LogP contribution in [0.4, 0.5) is 4.39 Å². The fraction of sp³-hybridized carbons (Fsp3) is 0.300. The topological polar surface area (TPSA) is 17.1 Å². The summed E-state index contributed by atoms with van der Waals surface area (Å²) in [6, 6.07) is 4.62. The molecular weight excluding hydrogens is 223 g/mol. The molecule has 1 aromatic carbocycles. The average Bonchev–Trinajstić information content (AvgIpc) is 2.16. The average molecular weight is 233 g/mol. The molecule has 1 unspecified atom stereocenters. The van der Waals surface area contributed by atoms with Crippen LogP contribution in [0.3, 0.4) is 0 Å². The van der Waals surface area contributed by atoms with Gasteiger partial charge < -0.3 is 0 Å². The zero-order valence-electron chi connectivity index (χ0n) is 7.88. The van der Waals surface area contributed by atoms with E-state index in [1.807, 2.05) is 0 Å². The monoisotopic (exact) mass is 232 g/mol. The molecular formula is C10H10ClFOS. The minimum atomic E-state index is -0.750. The quantitative estimate of drug-likeness (QED) is 0.587. The normalized spacial score (nSPS) is 12.6. The van der Waals surface area contributed by atoms with Gasteiger partial charge in [0.2, 0.25) is 0 Å². The number of rotatable bonds is 3. The Morgan fingerprint density at radius 1 is 1.57 bits per heavy atom. The maximum Gasteiger partial charge on any atom is 0.152 e. The van der Waals surface area contributed by atoms with E-state index >= 15 is 0 Å². The SMILES string of the molecule is CSc1ccc(C(Cl)C(C)=O)cc1F. The van der Waals surface area contributed by atoms with Crippen molar-refractivity contribution in [2.45, 2.75) is 17.2 Å². The van der Waals surface area contributed by atoms with Crippen LogP contribution in [-0.2, 0) is 4.79 Å². The molecule has 0 aliphatic heterocycles. The summed E-state index contributed by atoms with van der Waals surface area (Å²) in [5, 5.41) is -0.750. The maximum absolute atomic E-state index is 13.3. The molecule has 4 heteroatoms. The van der Waals surface area contributed by atoms with Crippen LogP contribution in [0, 0.1) is 5.82 Å². The Morgan fingerprint density at radius 2 is 2.21 bits per heavy atom. The van der Waals surface area contributed by atoms with Crippen LogP contribution < -0.4 is 0 Å². The Morgan fingerprint density at radius 3 is 2.64 bits per heavy atom. The largest absolute Gasteiger partial charge is 0.298 e. The van der Waals surface area contributed by atoms with Gasteiger partial charge in [-0.15, -0.1) is 23.4 Å². The van der Waals surface area contributed by atoms with Gasteiger partial charge in [0.1, 0.15) is 11.2 Å². The van der Waals surface area contributed by atoms with E-state index in [9.17, 15) is 9.18 Å². The lowest BCUT2D eigenvalue weighted by atomic mass is 10.1. The lowest BCUT2D eigenvalue weighted by molar-refractivity contribution is -0.116. The number of alkyl halides is 1. The second-order valence-electron chi connectivity index (χ2n) is 2.87. The molecule has 0 radical (unpaired) electrons. The standard InChI is InChI=1S/C10H10ClFOS/c1-6(13)10(11)7-3-4-9(14-2)8(12)5-7/h3-5,10H,1-2H3. The third kappa shape index (κ3) is 2.49. The molecule has 1 rings (SSSR count). The summed E-state index contributed by atoms with van der Waals surface area (Å²) in [7, 11) is 0. The van der Waals surface area contributed by atoms with Gasteiger partial charge in [-0.25, -0.2) is 4.39 Å². The van der Waals surface area contributed by atoms with Gasteiger partial charge in [0, 0.05) is 4.90 Å². The van der Waals surface area contributed by atoms with Gasteiger partial charge in [-0.1, -0.05) is 6.07 Å². The molecule has 0 aliphatic rings. The number of hydrogen-bond acceptors (Lipinski definition) is 2. The van der Waals surface area contributed by atoms with Crippen LogP contribution in [0.1, 0.15) is 17.9 Å². The minimum Gasteiger partial charge on any atom is -0.298 e. The molecule has 1 aromatic rings. The van der Waals surface area contributed by atoms with E-state index in [0.717, 1.165) is 0 Å². The summed E-state index contributed by atoms with van der Waals surface area (Å²) in [5.74, 6) is -0.509. The third-order valence-electron chi connectivity index (χ3n) is 1.83. The highest BCUT2D eigenvalue weighted by Crippen LogP contribution is 2.26. The summed E-state index contributed by atoms with van der Waals surface area (Å²) >= 11 is 7.11. The summed E-state index contributed by atoms with van der Waals surface area (Å²) < 4.78 is 13.3. The predicted molar refractivity (Wildman–Crippen MR) is 57.5 cm³/mol. The first-order valence-corrected chi connectivity index (χ1v) is 5.70. The van der Waals surface area contributed by atoms with Gasteiger partial charge in [0.05, 0.1) is 0 Å². The van der Waals surface area contributed by atoms with Crippen molar-refractivity contribution in [2.24, 2.45) is 0 Å². The molecule has 0 bridgehead atoms. The Kier molecular flexibility index (Phi) is 3.96. The first-order chi connectivity index (χ1) is 6.56. The van der Waals surface area contributed by atoms with E-state index in [2.05, 4.69) is 0 Å². The molecule has 0 saturated carbocycles. The summed E-state index contributed by atoms with van der Waals surface area (Å²) in [6.45, 7) is 1.39. The van der Waals surface area contributed by atoms with Crippen molar-refractivity contribution >= 4 is 29.1 Å². The van der Waals surface area contributed by atoms with E-state index in [1.54, 1.807) is 18.4 Å². The Bertz CT molecular complexity index is 354. The number of halogens is 2. The van der Waals surface area contributed by atoms with Gasteiger partial charge in [-0.05, 0) is 30.9 Å². The van der Waals surface area contributed by atoms with E-state index in [1.165, 1.54) is 24.8 Å². The van der Waals surface area contributed by atoms with Crippen LogP contribution in [0.2, 0.25) is 0 Å². The van der Waals surface area contributed by atoms with Gasteiger partial charge in [0.25, 0.3) is 0 Å². The Balaban J connectivity index is 3.02. The van der Waals surface area contributed by atoms with Crippen LogP contribution in [0.5, 0.6) is 0 Å². The molecule has 1 nitrogen and oxygen atoms in total. The lowest BCUT2D eigenvalue weighted by Gasteiger charge is -2.07. The fourth-order valence-electron chi connectivity index (χ4n) is 1.07. The van der Waals surface area contributed by atoms with Gasteiger partial charge >= 0.3 is 0 Å². The highest BCUT2D eigenvalue weighted by Gasteiger charge is 2.14. The van der Waals surface area contributed by atoms with Gasteiger partial charge in [0.15, 0.2) is 5.78 Å². The number of hydrogen-bond donors (Lipinski definition) is 0. The smallest absolute Gasteiger partial charge is 0.152 e. The van der Waals surface area contributed by atoms with Crippen molar-refractivity contribution in [3.63, 3.8) is 0 Å². The van der Waals surface area contributed by atoms with Crippen molar-refractivity contribution in [3.8, 4) is 0 Å². The van der Waals surface area contributed by atoms with Crippen molar-refractivity contribution in [1.29, 1.82) is 0 Å². The summed E-state index contributed by atoms with van der Waals surface area (Å²) in [4.78, 5) is 11.5. The van der Waals surface area contributed by atoms with Gasteiger partial charge in [-0.2, -0.15) is 0 Å². The number of carbonyl (C=O) groups is 1. The van der Waals surface area contributed by atoms with Crippen molar-refractivity contribution in [1.82, 2.24) is 0 Å². The number of carbonyl (C=O) groups excluding carboxylic acids is 1. The van der Waals surface area contributed by atoms with E-state index in [-0.39, 0.29) is 11.6 Å². The van der Waals surface area contributed by atoms with Gasteiger partial charge in [-0.3, -0.25) is 4.79 Å². The molecule has 76 valence electrons. The lowest BCUT2D eigenvalue weighted by Crippen LogP contribution is -2.02. The first-order valence-electron chi connectivity index (χ1n) is 4.04. The molecule has 14 heavy (non-hydrogen) atoms. The molecule has 0 heterocycles. The van der Waals surface area contributed by atoms with Crippen molar-refractivity contribution in [2.75, 3.05) is 6.26 Å². The number of ketones is 1. The zero-order valence-corrected chi connectivity index (χ0v) is 9.45. The van der Waals surface area contributed by atoms with Crippen LogP contribution in [0.15, 0.2) is 23.1 Å². The molecule has 0 fully saturated rings. The third-order valence-corrected chi connectivity index (χ3v) is 3.16. The van der Waals surface area contributed by atoms with Crippen LogP contribution in [-0.4, -0.2) is 12.0 Å². The summed E-state index contributed by atoms with van der Waals surface area (Å²) in [6.07, 6.45) is 1.79. The number of Topliss-reactive ketones (excluding diaryl/α,β-unsaturated/α-hetero) is 1. The fourth-order valence-corrected chi connectivity index (χ4v) is 1.67. The Labute approximate surface area is 91.6 Å². The molecule has 0 amide bonds. The highest BCUT2D eigenvalue weighted by atomic mass is 35.5. The van der Waals surface area contributed by atoms with Crippen molar-refractivity contribution in [3.05, 3.63) is 29.6 Å². The second-order valence-corrected chi connectivity index (χ2v) is 4.15. The zero-order chi connectivity index (χ0) is 10.7. The molecule has 0 aromatic heterocycles. The van der Waals surface area contributed by atoms with Crippen LogP contribution in [0.25, 0.3) is 0 Å². The first kappa shape index (κ1) is 11.5. The highest BCUT2D eigenvalue weighted by molar-refractivity contribution is 7.98.